The molecule has 96 valence electrons. The monoisotopic (exact) mass is 245 g/mol. The molecule has 0 aromatic heterocycles. The zero-order chi connectivity index (χ0) is 12.5. The molecule has 1 aliphatic carbocycles. The summed E-state index contributed by atoms with van der Waals surface area (Å²) in [6, 6.07) is 8.67. The number of urea groups is 1. The Balaban J connectivity index is 1.66. The highest BCUT2D eigenvalue weighted by atomic mass is 16.2. The Kier molecular flexibility index (Phi) is 2.86. The van der Waals surface area contributed by atoms with Gasteiger partial charge >= 0.3 is 6.03 Å². The number of amides is 2. The van der Waals surface area contributed by atoms with E-state index in [-0.39, 0.29) is 6.03 Å². The van der Waals surface area contributed by atoms with Crippen LogP contribution in [0.4, 0.5) is 16.2 Å². The number of nitrogens with zero attached hydrogens (tertiary/aromatic N) is 1. The molecule has 1 saturated carbocycles. The summed E-state index contributed by atoms with van der Waals surface area (Å²) < 4.78 is 0. The minimum Gasteiger partial charge on any atom is -0.382 e. The Labute approximate surface area is 107 Å². The number of hydrogen-bond acceptors (Lipinski definition) is 2. The molecule has 2 fully saturated rings. The summed E-state index contributed by atoms with van der Waals surface area (Å²) in [6.45, 7) is 3.72. The molecule has 3 rings (SSSR count). The Hall–Kier alpha value is -1.71. The molecule has 1 aliphatic heterocycles. The normalized spacial score (nSPS) is 20.7. The number of carbonyl (C=O) groups excluding carboxylic acids is 1. The highest BCUT2D eigenvalue weighted by Crippen LogP contribution is 2.34. The van der Waals surface area contributed by atoms with Gasteiger partial charge in [0.05, 0.1) is 0 Å². The number of carbonyl (C=O) groups is 1. The molecule has 2 aliphatic rings. The predicted molar refractivity (Wildman–Crippen MR) is 73.0 cm³/mol. The van der Waals surface area contributed by atoms with Gasteiger partial charge in [0.1, 0.15) is 0 Å². The third-order valence-electron chi connectivity index (χ3n) is 3.76. The van der Waals surface area contributed by atoms with Crippen LogP contribution in [-0.4, -0.2) is 25.2 Å². The number of benzene rings is 1. The number of anilines is 2. The van der Waals surface area contributed by atoms with Crippen LogP contribution in [0.5, 0.6) is 0 Å². The van der Waals surface area contributed by atoms with Gasteiger partial charge in [-0.2, -0.15) is 0 Å². The number of hydrogen-bond donors (Lipinski definition) is 2. The topological polar surface area (TPSA) is 44.4 Å². The van der Waals surface area contributed by atoms with E-state index in [1.54, 1.807) is 4.90 Å². The molecule has 2 amide bonds. The van der Waals surface area contributed by atoms with Gasteiger partial charge < -0.3 is 10.6 Å². The molecule has 2 N–H and O–H groups in total. The summed E-state index contributed by atoms with van der Waals surface area (Å²) in [4.78, 5) is 13.3. The average Bonchev–Trinajstić information content (AvgIpc) is 3.14. The van der Waals surface area contributed by atoms with Crippen LogP contribution in [0.2, 0.25) is 0 Å². The van der Waals surface area contributed by atoms with Crippen molar-refractivity contribution in [2.24, 2.45) is 5.92 Å². The number of rotatable bonds is 4. The first kappa shape index (κ1) is 11.4. The van der Waals surface area contributed by atoms with Crippen LogP contribution >= 0.6 is 0 Å². The van der Waals surface area contributed by atoms with Crippen molar-refractivity contribution in [3.05, 3.63) is 24.3 Å². The summed E-state index contributed by atoms with van der Waals surface area (Å²) in [5, 5.41) is 6.32. The molecule has 1 aromatic carbocycles. The molecule has 1 atom stereocenters. The molecule has 0 spiro atoms. The van der Waals surface area contributed by atoms with Crippen molar-refractivity contribution in [1.82, 2.24) is 5.32 Å². The standard InChI is InChI=1S/C14H19N3O/c1-10(11-2-3-11)16-12-4-6-13(7-5-12)17-9-8-15-14(17)18/h4-7,10-11,16H,2-3,8-9H2,1H3,(H,15,18). The first-order chi connectivity index (χ1) is 8.74. The van der Waals surface area contributed by atoms with Gasteiger partial charge in [-0.3, -0.25) is 4.90 Å². The maximum absolute atomic E-state index is 11.5. The smallest absolute Gasteiger partial charge is 0.321 e. The fourth-order valence-corrected chi connectivity index (χ4v) is 2.43. The van der Waals surface area contributed by atoms with Crippen molar-refractivity contribution < 1.29 is 4.79 Å². The highest BCUT2D eigenvalue weighted by molar-refractivity contribution is 5.94. The molecule has 1 unspecified atom stereocenters. The van der Waals surface area contributed by atoms with E-state index in [9.17, 15) is 4.79 Å². The van der Waals surface area contributed by atoms with E-state index in [0.717, 1.165) is 30.4 Å². The Bertz CT molecular complexity index is 439. The van der Waals surface area contributed by atoms with Crippen molar-refractivity contribution in [3.63, 3.8) is 0 Å². The molecule has 18 heavy (non-hydrogen) atoms. The Morgan fingerprint density at radius 3 is 2.61 bits per heavy atom. The lowest BCUT2D eigenvalue weighted by Gasteiger charge is -2.17. The molecular formula is C14H19N3O. The van der Waals surface area contributed by atoms with Gasteiger partial charge in [0.15, 0.2) is 0 Å². The largest absolute Gasteiger partial charge is 0.382 e. The van der Waals surface area contributed by atoms with Gasteiger partial charge in [0.25, 0.3) is 0 Å². The van der Waals surface area contributed by atoms with E-state index < -0.39 is 0 Å². The van der Waals surface area contributed by atoms with Crippen molar-refractivity contribution >= 4 is 17.4 Å². The summed E-state index contributed by atoms with van der Waals surface area (Å²) in [7, 11) is 0. The second-order valence-electron chi connectivity index (χ2n) is 5.20. The van der Waals surface area contributed by atoms with E-state index in [0.29, 0.717) is 6.04 Å². The quantitative estimate of drug-likeness (QED) is 0.855. The van der Waals surface area contributed by atoms with Gasteiger partial charge in [-0.05, 0) is 49.9 Å². The zero-order valence-corrected chi connectivity index (χ0v) is 10.6. The summed E-state index contributed by atoms with van der Waals surface area (Å²) >= 11 is 0. The fraction of sp³-hybridized carbons (Fsp3) is 0.500. The summed E-state index contributed by atoms with van der Waals surface area (Å²) in [5.41, 5.74) is 2.10. The second-order valence-corrected chi connectivity index (χ2v) is 5.20. The van der Waals surface area contributed by atoms with Crippen LogP contribution in [0, 0.1) is 5.92 Å². The molecular weight excluding hydrogens is 226 g/mol. The lowest BCUT2D eigenvalue weighted by molar-refractivity contribution is 0.252. The van der Waals surface area contributed by atoms with Crippen molar-refractivity contribution in [3.8, 4) is 0 Å². The number of nitrogens with one attached hydrogen (secondary N) is 2. The summed E-state index contributed by atoms with van der Waals surface area (Å²) in [5.74, 6) is 0.842. The van der Waals surface area contributed by atoms with E-state index in [1.165, 1.54) is 12.8 Å². The van der Waals surface area contributed by atoms with E-state index in [1.807, 2.05) is 12.1 Å². The minimum absolute atomic E-state index is 0.00191. The predicted octanol–water partition coefficient (Wildman–Crippen LogP) is 2.43. The Morgan fingerprint density at radius 1 is 1.33 bits per heavy atom. The minimum atomic E-state index is 0.00191. The van der Waals surface area contributed by atoms with Crippen LogP contribution in [0.3, 0.4) is 0 Å². The maximum atomic E-state index is 11.5. The van der Waals surface area contributed by atoms with Crippen LogP contribution in [-0.2, 0) is 0 Å². The van der Waals surface area contributed by atoms with Crippen LogP contribution in [0.25, 0.3) is 0 Å². The highest BCUT2D eigenvalue weighted by Gasteiger charge is 2.27. The first-order valence-corrected chi connectivity index (χ1v) is 6.66. The second kappa shape index (κ2) is 4.52. The van der Waals surface area contributed by atoms with E-state index in [4.69, 9.17) is 0 Å². The maximum Gasteiger partial charge on any atom is 0.321 e. The molecule has 1 aromatic rings. The fourth-order valence-electron chi connectivity index (χ4n) is 2.43. The van der Waals surface area contributed by atoms with Crippen LogP contribution in [0.15, 0.2) is 24.3 Å². The van der Waals surface area contributed by atoms with Gasteiger partial charge in [-0.15, -0.1) is 0 Å². The van der Waals surface area contributed by atoms with Gasteiger partial charge in [0, 0.05) is 30.5 Å². The third-order valence-corrected chi connectivity index (χ3v) is 3.76. The first-order valence-electron chi connectivity index (χ1n) is 6.66. The molecule has 1 saturated heterocycles. The van der Waals surface area contributed by atoms with Crippen molar-refractivity contribution in [2.45, 2.75) is 25.8 Å². The lowest BCUT2D eigenvalue weighted by Crippen LogP contribution is -2.27. The van der Waals surface area contributed by atoms with Gasteiger partial charge in [-0.25, -0.2) is 4.79 Å². The molecule has 4 nitrogen and oxygen atoms in total. The SMILES string of the molecule is CC(Nc1ccc(N2CCNC2=O)cc1)C1CC1. The lowest BCUT2D eigenvalue weighted by atomic mass is 10.2. The third kappa shape index (κ3) is 2.28. The molecule has 4 heteroatoms. The van der Waals surface area contributed by atoms with Crippen LogP contribution in [0.1, 0.15) is 19.8 Å². The average molecular weight is 245 g/mol. The Morgan fingerprint density at radius 2 is 2.06 bits per heavy atom. The molecule has 0 radical (unpaired) electrons. The van der Waals surface area contributed by atoms with Gasteiger partial charge in [0.2, 0.25) is 0 Å². The van der Waals surface area contributed by atoms with Crippen molar-refractivity contribution in [1.29, 1.82) is 0 Å². The van der Waals surface area contributed by atoms with Crippen molar-refractivity contribution in [2.75, 3.05) is 23.3 Å². The van der Waals surface area contributed by atoms with E-state index >= 15 is 0 Å². The van der Waals surface area contributed by atoms with Gasteiger partial charge in [-0.1, -0.05) is 0 Å². The van der Waals surface area contributed by atoms with Crippen LogP contribution < -0.4 is 15.5 Å². The van der Waals surface area contributed by atoms with E-state index in [2.05, 4.69) is 29.7 Å². The molecule has 0 bridgehead atoms. The zero-order valence-electron chi connectivity index (χ0n) is 10.6. The molecule has 1 heterocycles. The summed E-state index contributed by atoms with van der Waals surface area (Å²) in [6.07, 6.45) is 2.69.